The number of rotatable bonds is 5. The Morgan fingerprint density at radius 1 is 0.846 bits per heavy atom. The molecule has 138 valence electrons. The van der Waals surface area contributed by atoms with Gasteiger partial charge in [-0.25, -0.2) is 0 Å². The molecule has 0 N–H and O–H groups in total. The molecular formula is C20H24O2S3Sn. The minimum absolute atomic E-state index is 0.197. The summed E-state index contributed by atoms with van der Waals surface area (Å²) in [5.74, 6) is 0. The molecule has 1 fully saturated rings. The van der Waals surface area contributed by atoms with Crippen molar-refractivity contribution in [2.75, 3.05) is 13.2 Å². The Balaban J connectivity index is 1.48. The van der Waals surface area contributed by atoms with Gasteiger partial charge in [0.25, 0.3) is 0 Å². The Morgan fingerprint density at radius 2 is 1.38 bits per heavy atom. The fourth-order valence-corrected chi connectivity index (χ4v) is 8.62. The monoisotopic (exact) mass is 512 g/mol. The average molecular weight is 511 g/mol. The van der Waals surface area contributed by atoms with E-state index in [2.05, 4.69) is 50.2 Å². The van der Waals surface area contributed by atoms with Gasteiger partial charge in [0, 0.05) is 5.41 Å². The second kappa shape index (κ2) is 8.05. The molecule has 0 bridgehead atoms. The van der Waals surface area contributed by atoms with Gasteiger partial charge >= 0.3 is 149 Å². The third-order valence-corrected chi connectivity index (χ3v) is 11.6. The van der Waals surface area contributed by atoms with Gasteiger partial charge in [-0.15, -0.1) is 0 Å². The van der Waals surface area contributed by atoms with Crippen LogP contribution in [0.2, 0.25) is 0 Å². The van der Waals surface area contributed by atoms with E-state index in [1.165, 1.54) is 24.4 Å². The molecule has 0 aliphatic carbocycles. The topological polar surface area (TPSA) is 18.5 Å². The van der Waals surface area contributed by atoms with E-state index in [1.807, 2.05) is 22.7 Å². The molecule has 0 aromatic carbocycles. The van der Waals surface area contributed by atoms with E-state index >= 15 is 0 Å². The average Bonchev–Trinajstić information content (AvgIpc) is 3.41. The van der Waals surface area contributed by atoms with Crippen molar-refractivity contribution >= 4 is 59.4 Å². The molecule has 0 spiro atoms. The van der Waals surface area contributed by atoms with Gasteiger partial charge in [-0.2, -0.15) is 0 Å². The van der Waals surface area contributed by atoms with E-state index in [-0.39, 0.29) is 11.7 Å². The molecule has 6 heteroatoms. The first kappa shape index (κ1) is 19.1. The quantitative estimate of drug-likeness (QED) is 0.447. The summed E-state index contributed by atoms with van der Waals surface area (Å²) in [7, 11) is 0. The maximum absolute atomic E-state index is 6.09. The van der Waals surface area contributed by atoms with E-state index in [0.717, 1.165) is 26.1 Å². The van der Waals surface area contributed by atoms with Crippen molar-refractivity contribution in [1.29, 1.82) is 0 Å². The van der Waals surface area contributed by atoms with Gasteiger partial charge in [0.2, 0.25) is 0 Å². The van der Waals surface area contributed by atoms with E-state index in [9.17, 15) is 0 Å². The van der Waals surface area contributed by atoms with E-state index in [4.69, 9.17) is 9.47 Å². The van der Waals surface area contributed by atoms with Crippen molar-refractivity contribution in [3.8, 4) is 19.5 Å². The Kier molecular flexibility index (Phi) is 5.93. The predicted octanol–water partition coefficient (Wildman–Crippen LogP) is 5.05. The molecule has 3 aromatic heterocycles. The Bertz CT molecular complexity index is 865. The molecule has 26 heavy (non-hydrogen) atoms. The first-order chi connectivity index (χ1) is 12.6. The molecule has 4 heterocycles. The molecule has 0 amide bonds. The predicted molar refractivity (Wildman–Crippen MR) is 118 cm³/mol. The molecule has 0 unspecified atom stereocenters. The van der Waals surface area contributed by atoms with Crippen LogP contribution in [0.5, 0.6) is 0 Å². The van der Waals surface area contributed by atoms with Gasteiger partial charge in [-0.1, -0.05) is 13.8 Å². The van der Waals surface area contributed by atoms with E-state index < -0.39 is 0 Å². The molecule has 1 saturated heterocycles. The van der Waals surface area contributed by atoms with Crippen molar-refractivity contribution in [2.45, 2.75) is 33.0 Å². The summed E-state index contributed by atoms with van der Waals surface area (Å²) >= 11 is 6.23. The fourth-order valence-electron chi connectivity index (χ4n) is 3.20. The van der Waals surface area contributed by atoms with Gasteiger partial charge in [-0.3, -0.25) is 0 Å². The Hall–Kier alpha value is -0.181. The summed E-state index contributed by atoms with van der Waals surface area (Å²) in [6.07, 6.45) is 2.01. The zero-order valence-corrected chi connectivity index (χ0v) is 23.6. The van der Waals surface area contributed by atoms with Gasteiger partial charge in [0.15, 0.2) is 0 Å². The normalized spacial score (nSPS) is 17.8. The first-order valence-corrected chi connectivity index (χ1v) is 14.4. The second-order valence-corrected chi connectivity index (χ2v) is 15.6. The minimum atomic E-state index is -0.202. The summed E-state index contributed by atoms with van der Waals surface area (Å²) in [6.45, 7) is 6.05. The molecule has 1 aliphatic rings. The van der Waals surface area contributed by atoms with Crippen LogP contribution in [-0.4, -0.2) is 35.7 Å². The fraction of sp³-hybridized carbons (Fsp3) is 0.400. The van der Waals surface area contributed by atoms with Crippen molar-refractivity contribution in [3.05, 3.63) is 41.3 Å². The van der Waals surface area contributed by atoms with Gasteiger partial charge in [-0.05, 0) is 12.8 Å². The van der Waals surface area contributed by atoms with Crippen molar-refractivity contribution in [1.82, 2.24) is 0 Å². The van der Waals surface area contributed by atoms with Gasteiger partial charge < -0.3 is 0 Å². The van der Waals surface area contributed by atoms with Crippen LogP contribution in [0.3, 0.4) is 0 Å². The molecule has 2 nitrogen and oxygen atoms in total. The van der Waals surface area contributed by atoms with E-state index in [0.29, 0.717) is 22.5 Å². The van der Waals surface area contributed by atoms with Crippen LogP contribution in [0.4, 0.5) is 0 Å². The molecule has 1 aliphatic heterocycles. The number of hydrogen-bond acceptors (Lipinski definition) is 5. The van der Waals surface area contributed by atoms with Gasteiger partial charge in [0.1, 0.15) is 0 Å². The zero-order chi connectivity index (χ0) is 18.1. The Morgan fingerprint density at radius 3 is 1.96 bits per heavy atom. The summed E-state index contributed by atoms with van der Waals surface area (Å²) in [5, 5.41) is 0. The summed E-state index contributed by atoms with van der Waals surface area (Å²) in [6, 6.07) is 13.4. The van der Waals surface area contributed by atoms with E-state index in [1.54, 1.807) is 14.2 Å². The summed E-state index contributed by atoms with van der Waals surface area (Å²) in [5.41, 5.74) is 0.197. The summed E-state index contributed by atoms with van der Waals surface area (Å²) < 4.78 is 13.7. The van der Waals surface area contributed by atoms with Crippen LogP contribution in [0.1, 0.15) is 37.9 Å². The molecule has 3 aromatic rings. The number of thiophene rings is 3. The number of ether oxygens (including phenoxy) is 2. The standard InChI is InChI=1S/C20H21O2S3.Sn.3H/c1-3-20(4-2)12-21-19(22-13-20)18-10-9-17(25-18)16-8-7-15(24-16)14-6-5-11-23-14;;;;/h5-10,19H,3-4,12-13H2,1-2H3;;;;. The van der Waals surface area contributed by atoms with Crippen molar-refractivity contribution in [3.63, 3.8) is 0 Å². The van der Waals surface area contributed by atoms with Crippen LogP contribution < -0.4 is 2.89 Å². The first-order valence-electron chi connectivity index (χ1n) is 9.12. The molecule has 4 rings (SSSR count). The SMILES string of the molecule is CCC1(CC)COC(c2ccc(-c3ccc(-c4cc[c]([SnH3])s4)s3)s2)OC1. The van der Waals surface area contributed by atoms with Crippen molar-refractivity contribution in [2.24, 2.45) is 5.41 Å². The molecular weight excluding hydrogens is 487 g/mol. The van der Waals surface area contributed by atoms with Crippen LogP contribution >= 0.6 is 34.0 Å². The van der Waals surface area contributed by atoms with Crippen LogP contribution in [0.15, 0.2) is 36.4 Å². The second-order valence-electron chi connectivity index (χ2n) is 6.94. The van der Waals surface area contributed by atoms with Crippen LogP contribution in [0.25, 0.3) is 19.5 Å². The maximum atomic E-state index is 6.09. The van der Waals surface area contributed by atoms with Crippen LogP contribution in [-0.2, 0) is 9.47 Å². The van der Waals surface area contributed by atoms with Crippen LogP contribution in [0, 0.1) is 5.41 Å². The zero-order valence-electron chi connectivity index (χ0n) is 15.4. The summed E-state index contributed by atoms with van der Waals surface area (Å²) in [4.78, 5) is 6.59. The molecule has 0 radical (unpaired) electrons. The molecule has 0 saturated carbocycles. The van der Waals surface area contributed by atoms with Gasteiger partial charge in [0.05, 0.1) is 0 Å². The third kappa shape index (κ3) is 3.84. The van der Waals surface area contributed by atoms with Crippen molar-refractivity contribution < 1.29 is 9.47 Å². The molecule has 0 atom stereocenters. The Labute approximate surface area is 180 Å². The number of hydrogen-bond donors (Lipinski definition) is 0. The third-order valence-electron chi connectivity index (χ3n) is 5.27.